The molecular weight excluding hydrogens is 471 g/mol. The van der Waals surface area contributed by atoms with Crippen LogP contribution in [0.5, 0.6) is 11.5 Å². The van der Waals surface area contributed by atoms with Gasteiger partial charge in [-0.3, -0.25) is 9.36 Å². The molecule has 0 aliphatic carbocycles. The van der Waals surface area contributed by atoms with Crippen LogP contribution in [0.1, 0.15) is 37.9 Å². The maximum Gasteiger partial charge on any atom is 0.338 e. The Hall–Kier alpha value is -3.72. The SMILES string of the molecule is CCOC(=O)C1=C(C)N=c2s/c(=C\c3ccc(F)cc3)c(=O)n2[C@@H]1c1ccc(OC)c(OCC)c1. The predicted octanol–water partition coefficient (Wildman–Crippen LogP) is 3.34. The molecule has 182 valence electrons. The number of carbonyl (C=O) groups is 1. The molecule has 0 bridgehead atoms. The average Bonchev–Trinajstić information content (AvgIpc) is 3.14. The Morgan fingerprint density at radius 3 is 2.54 bits per heavy atom. The lowest BCUT2D eigenvalue weighted by molar-refractivity contribution is -0.139. The Kier molecular flexibility index (Phi) is 7.16. The van der Waals surface area contributed by atoms with Crippen molar-refractivity contribution in [3.63, 3.8) is 0 Å². The van der Waals surface area contributed by atoms with Gasteiger partial charge in [0.2, 0.25) is 0 Å². The fourth-order valence-corrected chi connectivity index (χ4v) is 5.00. The number of halogens is 1. The van der Waals surface area contributed by atoms with Gasteiger partial charge in [0.1, 0.15) is 5.82 Å². The third-order valence-electron chi connectivity index (χ3n) is 5.49. The van der Waals surface area contributed by atoms with E-state index in [4.69, 9.17) is 14.2 Å². The molecular formula is C26H25FN2O5S. The molecule has 0 amide bonds. The normalized spacial score (nSPS) is 15.5. The smallest absolute Gasteiger partial charge is 0.338 e. The van der Waals surface area contributed by atoms with Crippen LogP contribution in [0.25, 0.3) is 6.08 Å². The van der Waals surface area contributed by atoms with E-state index in [2.05, 4.69) is 4.99 Å². The van der Waals surface area contributed by atoms with E-state index < -0.39 is 12.0 Å². The Morgan fingerprint density at radius 1 is 1.14 bits per heavy atom. The number of fused-ring (bicyclic) bond motifs is 1. The Bertz CT molecular complexity index is 1470. The van der Waals surface area contributed by atoms with E-state index in [9.17, 15) is 14.0 Å². The van der Waals surface area contributed by atoms with Gasteiger partial charge in [-0.2, -0.15) is 0 Å². The molecule has 35 heavy (non-hydrogen) atoms. The van der Waals surface area contributed by atoms with Gasteiger partial charge in [-0.15, -0.1) is 0 Å². The first-order chi connectivity index (χ1) is 16.9. The third-order valence-corrected chi connectivity index (χ3v) is 6.47. The quantitative estimate of drug-likeness (QED) is 0.469. The lowest BCUT2D eigenvalue weighted by atomic mass is 9.95. The number of carbonyl (C=O) groups excluding carboxylic acids is 1. The summed E-state index contributed by atoms with van der Waals surface area (Å²) in [6.45, 7) is 5.91. The summed E-state index contributed by atoms with van der Waals surface area (Å²) in [5, 5.41) is 0. The lowest BCUT2D eigenvalue weighted by Gasteiger charge is -2.25. The molecule has 1 atom stereocenters. The molecule has 9 heteroatoms. The number of rotatable bonds is 7. The van der Waals surface area contributed by atoms with Crippen LogP contribution in [0.15, 0.2) is 63.5 Å². The van der Waals surface area contributed by atoms with Gasteiger partial charge >= 0.3 is 5.97 Å². The minimum Gasteiger partial charge on any atom is -0.493 e. The highest BCUT2D eigenvalue weighted by molar-refractivity contribution is 7.07. The molecule has 2 heterocycles. The largest absolute Gasteiger partial charge is 0.493 e. The van der Waals surface area contributed by atoms with Crippen molar-refractivity contribution >= 4 is 23.4 Å². The summed E-state index contributed by atoms with van der Waals surface area (Å²) in [4.78, 5) is 31.6. The number of methoxy groups -OCH3 is 1. The van der Waals surface area contributed by atoms with Crippen molar-refractivity contribution in [3.05, 3.63) is 90.4 Å². The zero-order chi connectivity index (χ0) is 25.1. The van der Waals surface area contributed by atoms with Crippen LogP contribution in [0.3, 0.4) is 0 Å². The average molecular weight is 497 g/mol. The first kappa shape index (κ1) is 24.4. The molecule has 2 aromatic carbocycles. The van der Waals surface area contributed by atoms with E-state index in [1.807, 2.05) is 6.92 Å². The Morgan fingerprint density at radius 2 is 1.89 bits per heavy atom. The number of esters is 1. The van der Waals surface area contributed by atoms with Crippen molar-refractivity contribution in [2.75, 3.05) is 20.3 Å². The van der Waals surface area contributed by atoms with E-state index in [-0.39, 0.29) is 23.6 Å². The van der Waals surface area contributed by atoms with E-state index >= 15 is 0 Å². The van der Waals surface area contributed by atoms with E-state index in [1.54, 1.807) is 57.4 Å². The molecule has 1 aliphatic rings. The van der Waals surface area contributed by atoms with Gasteiger partial charge in [-0.05, 0) is 62.2 Å². The van der Waals surface area contributed by atoms with Crippen molar-refractivity contribution in [2.45, 2.75) is 26.8 Å². The van der Waals surface area contributed by atoms with Gasteiger partial charge in [0, 0.05) is 0 Å². The summed E-state index contributed by atoms with van der Waals surface area (Å²) < 4.78 is 31.7. The predicted molar refractivity (Wildman–Crippen MR) is 131 cm³/mol. The van der Waals surface area contributed by atoms with E-state index in [1.165, 1.54) is 28.0 Å². The summed E-state index contributed by atoms with van der Waals surface area (Å²) in [6, 6.07) is 10.4. The van der Waals surface area contributed by atoms with Gasteiger partial charge in [0.15, 0.2) is 16.3 Å². The maximum absolute atomic E-state index is 13.6. The minimum atomic E-state index is -0.772. The number of aromatic nitrogens is 1. The molecule has 4 rings (SSSR count). The number of hydrogen-bond acceptors (Lipinski definition) is 7. The summed E-state index contributed by atoms with van der Waals surface area (Å²) in [6.07, 6.45) is 1.68. The van der Waals surface area contributed by atoms with Gasteiger partial charge in [-0.1, -0.05) is 29.5 Å². The number of benzene rings is 2. The molecule has 0 saturated heterocycles. The molecule has 7 nitrogen and oxygen atoms in total. The van der Waals surface area contributed by atoms with Crippen molar-refractivity contribution in [1.29, 1.82) is 0 Å². The summed E-state index contributed by atoms with van der Waals surface area (Å²) >= 11 is 1.20. The molecule has 1 aromatic heterocycles. The molecule has 0 N–H and O–H groups in total. The third kappa shape index (κ3) is 4.77. The number of hydrogen-bond donors (Lipinski definition) is 0. The van der Waals surface area contributed by atoms with Crippen LogP contribution in [0.4, 0.5) is 4.39 Å². The second-order valence-electron chi connectivity index (χ2n) is 7.70. The highest BCUT2D eigenvalue weighted by Gasteiger charge is 2.33. The monoisotopic (exact) mass is 496 g/mol. The zero-order valence-corrected chi connectivity index (χ0v) is 20.6. The van der Waals surface area contributed by atoms with Crippen LogP contribution >= 0.6 is 11.3 Å². The topological polar surface area (TPSA) is 79.1 Å². The van der Waals surface area contributed by atoms with Gasteiger partial charge in [0.05, 0.1) is 42.2 Å². The molecule has 0 spiro atoms. The minimum absolute atomic E-state index is 0.185. The van der Waals surface area contributed by atoms with E-state index in [0.29, 0.717) is 44.3 Å². The number of allylic oxidation sites excluding steroid dienone is 1. The second-order valence-corrected chi connectivity index (χ2v) is 8.71. The van der Waals surface area contributed by atoms with Crippen molar-refractivity contribution in [1.82, 2.24) is 4.57 Å². The lowest BCUT2D eigenvalue weighted by Crippen LogP contribution is -2.40. The van der Waals surface area contributed by atoms with Crippen molar-refractivity contribution < 1.29 is 23.4 Å². The van der Waals surface area contributed by atoms with Crippen LogP contribution < -0.4 is 24.4 Å². The van der Waals surface area contributed by atoms with Crippen molar-refractivity contribution in [3.8, 4) is 11.5 Å². The molecule has 0 unspecified atom stereocenters. The first-order valence-electron chi connectivity index (χ1n) is 11.1. The fraction of sp³-hybridized carbons (Fsp3) is 0.269. The maximum atomic E-state index is 13.6. The molecule has 0 radical (unpaired) electrons. The van der Waals surface area contributed by atoms with Crippen LogP contribution in [0.2, 0.25) is 0 Å². The standard InChI is InChI=1S/C26H25FN2O5S/c1-5-33-20-14-17(9-12-19(20)32-4)23-22(25(31)34-6-2)15(3)28-26-29(23)24(30)21(35-26)13-16-7-10-18(27)11-8-16/h7-14,23H,5-6H2,1-4H3/b21-13-/t23-/m1/s1. The van der Waals surface area contributed by atoms with Gasteiger partial charge < -0.3 is 14.2 Å². The zero-order valence-electron chi connectivity index (χ0n) is 19.8. The fourth-order valence-electron chi connectivity index (χ4n) is 3.95. The Labute approximate surface area is 205 Å². The van der Waals surface area contributed by atoms with Gasteiger partial charge in [-0.25, -0.2) is 14.2 Å². The highest BCUT2D eigenvalue weighted by Crippen LogP contribution is 2.36. The number of nitrogens with zero attached hydrogens (tertiary/aromatic N) is 2. The Balaban J connectivity index is 1.96. The summed E-state index contributed by atoms with van der Waals surface area (Å²) in [5.41, 5.74) is 1.77. The molecule has 0 fully saturated rings. The second kappa shape index (κ2) is 10.3. The number of ether oxygens (including phenoxy) is 3. The van der Waals surface area contributed by atoms with Crippen molar-refractivity contribution in [2.24, 2.45) is 4.99 Å². The van der Waals surface area contributed by atoms with Crippen LogP contribution in [-0.4, -0.2) is 30.9 Å². The van der Waals surface area contributed by atoms with Gasteiger partial charge in [0.25, 0.3) is 5.56 Å². The molecule has 1 aliphatic heterocycles. The molecule has 0 saturated carbocycles. The van der Waals surface area contributed by atoms with Crippen LogP contribution in [-0.2, 0) is 9.53 Å². The number of thiazole rings is 1. The van der Waals surface area contributed by atoms with E-state index in [0.717, 1.165) is 0 Å². The highest BCUT2D eigenvalue weighted by atomic mass is 32.1. The van der Waals surface area contributed by atoms with Crippen LogP contribution in [0, 0.1) is 5.82 Å². The summed E-state index contributed by atoms with van der Waals surface area (Å²) in [7, 11) is 1.55. The summed E-state index contributed by atoms with van der Waals surface area (Å²) in [5.74, 6) is 0.139. The molecule has 3 aromatic rings. The first-order valence-corrected chi connectivity index (χ1v) is 12.0.